The Bertz CT molecular complexity index is 1770. The SMILES string of the molecule is COc1ccc(-c2ccc(C(=O)N[C@@H]3COCC3(C)C)cc2C(=O)OCc2ccccc2)c(C(=O)Nc2ccc(C(=N)N)cc2)n1. The molecule has 1 aliphatic rings. The van der Waals surface area contributed by atoms with E-state index in [1.54, 1.807) is 48.5 Å². The highest BCUT2D eigenvalue weighted by atomic mass is 16.5. The summed E-state index contributed by atoms with van der Waals surface area (Å²) in [6.07, 6.45) is 0. The van der Waals surface area contributed by atoms with Crippen LogP contribution in [0.1, 0.15) is 56.2 Å². The van der Waals surface area contributed by atoms with Gasteiger partial charge in [0.25, 0.3) is 11.8 Å². The van der Waals surface area contributed by atoms with Gasteiger partial charge in [-0.3, -0.25) is 15.0 Å². The Balaban J connectivity index is 1.52. The van der Waals surface area contributed by atoms with E-state index in [-0.39, 0.29) is 52.5 Å². The molecule has 1 saturated heterocycles. The second-order valence-electron chi connectivity index (χ2n) is 11.5. The maximum absolute atomic E-state index is 13.7. The van der Waals surface area contributed by atoms with Crippen molar-refractivity contribution in [3.8, 4) is 17.0 Å². The number of benzene rings is 3. The summed E-state index contributed by atoms with van der Waals surface area (Å²) in [5, 5.41) is 13.4. The number of nitrogens with two attached hydrogens (primary N) is 1. The molecule has 46 heavy (non-hydrogen) atoms. The number of esters is 1. The smallest absolute Gasteiger partial charge is 0.339 e. The summed E-state index contributed by atoms with van der Waals surface area (Å²) in [7, 11) is 1.43. The summed E-state index contributed by atoms with van der Waals surface area (Å²) in [5.41, 5.74) is 8.00. The molecule has 11 nitrogen and oxygen atoms in total. The zero-order valence-electron chi connectivity index (χ0n) is 25.8. The van der Waals surface area contributed by atoms with Gasteiger partial charge in [0.2, 0.25) is 5.88 Å². The Morgan fingerprint density at radius 3 is 2.30 bits per heavy atom. The fraction of sp³-hybridized carbons (Fsp3) is 0.229. The number of amides is 2. The molecule has 4 aromatic rings. The highest BCUT2D eigenvalue weighted by Crippen LogP contribution is 2.32. The third-order valence-corrected chi connectivity index (χ3v) is 7.76. The summed E-state index contributed by atoms with van der Waals surface area (Å²) in [5.74, 6) is -1.53. The van der Waals surface area contributed by atoms with Crippen LogP contribution in [0.15, 0.2) is 84.9 Å². The lowest BCUT2D eigenvalue weighted by atomic mass is 9.87. The van der Waals surface area contributed by atoms with Crippen LogP contribution in [-0.4, -0.2) is 55.0 Å². The van der Waals surface area contributed by atoms with E-state index in [0.717, 1.165) is 5.56 Å². The predicted molar refractivity (Wildman–Crippen MR) is 173 cm³/mol. The van der Waals surface area contributed by atoms with Gasteiger partial charge in [-0.25, -0.2) is 9.78 Å². The molecule has 236 valence electrons. The predicted octanol–water partition coefficient (Wildman–Crippen LogP) is 4.81. The molecule has 1 atom stereocenters. The molecule has 0 spiro atoms. The molecule has 2 amide bonds. The van der Waals surface area contributed by atoms with E-state index in [4.69, 9.17) is 25.4 Å². The largest absolute Gasteiger partial charge is 0.481 e. The number of methoxy groups -OCH3 is 1. The molecule has 0 unspecified atom stereocenters. The number of amidine groups is 1. The molecule has 0 aliphatic carbocycles. The van der Waals surface area contributed by atoms with E-state index in [0.29, 0.717) is 35.6 Å². The summed E-state index contributed by atoms with van der Waals surface area (Å²) in [6, 6.07) is 23.3. The van der Waals surface area contributed by atoms with E-state index in [1.165, 1.54) is 13.2 Å². The normalized spacial score (nSPS) is 15.1. The molecule has 3 aromatic carbocycles. The standard InChI is InChI=1S/C35H35N5O6/c1-35(2)20-45-19-28(35)39-32(41)23-11-14-25(27(17-23)34(43)46-18-21-7-5-4-6-8-21)26-15-16-29(44-3)40-30(26)33(42)38-24-12-9-22(10-13-24)31(36)37/h4-17,28H,18-20H2,1-3H3,(H3,36,37)(H,38,42)(H,39,41)/t28-/m1/s1. The molecule has 11 heteroatoms. The number of hydrogen-bond acceptors (Lipinski definition) is 8. The fourth-order valence-electron chi connectivity index (χ4n) is 5.00. The Labute approximate surface area is 266 Å². The lowest BCUT2D eigenvalue weighted by Crippen LogP contribution is -2.44. The Hall–Kier alpha value is -5.55. The van der Waals surface area contributed by atoms with Gasteiger partial charge in [-0.2, -0.15) is 0 Å². The second-order valence-corrected chi connectivity index (χ2v) is 11.5. The topological polar surface area (TPSA) is 166 Å². The molecular formula is C35H35N5O6. The number of nitrogens with one attached hydrogen (secondary N) is 3. The van der Waals surface area contributed by atoms with Crippen molar-refractivity contribution in [3.63, 3.8) is 0 Å². The van der Waals surface area contributed by atoms with Crippen molar-refractivity contribution in [3.05, 3.63) is 113 Å². The first kappa shape index (κ1) is 31.9. The van der Waals surface area contributed by atoms with Crippen LogP contribution < -0.4 is 21.1 Å². The van der Waals surface area contributed by atoms with Gasteiger partial charge in [0.15, 0.2) is 0 Å². The number of carbonyl (C=O) groups excluding carboxylic acids is 3. The maximum Gasteiger partial charge on any atom is 0.339 e. The zero-order valence-corrected chi connectivity index (χ0v) is 25.8. The molecule has 2 heterocycles. The average Bonchev–Trinajstić information content (AvgIpc) is 3.40. The lowest BCUT2D eigenvalue weighted by Gasteiger charge is -2.25. The number of anilines is 1. The van der Waals surface area contributed by atoms with Crippen LogP contribution in [0.2, 0.25) is 0 Å². The number of nitrogen functional groups attached to an aromatic ring is 1. The monoisotopic (exact) mass is 621 g/mol. The fourth-order valence-corrected chi connectivity index (χ4v) is 5.00. The molecule has 1 fully saturated rings. The van der Waals surface area contributed by atoms with Gasteiger partial charge in [0.1, 0.15) is 18.1 Å². The van der Waals surface area contributed by atoms with Gasteiger partial charge in [-0.05, 0) is 53.6 Å². The number of rotatable bonds is 10. The van der Waals surface area contributed by atoms with E-state index < -0.39 is 11.9 Å². The minimum atomic E-state index is -0.681. The summed E-state index contributed by atoms with van der Waals surface area (Å²) >= 11 is 0. The first-order valence-corrected chi connectivity index (χ1v) is 14.6. The van der Waals surface area contributed by atoms with Crippen LogP contribution in [0.4, 0.5) is 5.69 Å². The number of hydrogen-bond donors (Lipinski definition) is 4. The second kappa shape index (κ2) is 13.6. The third kappa shape index (κ3) is 7.22. The Morgan fingerprint density at radius 2 is 1.65 bits per heavy atom. The molecule has 1 aromatic heterocycles. The number of ether oxygens (including phenoxy) is 3. The van der Waals surface area contributed by atoms with Crippen molar-refractivity contribution in [1.29, 1.82) is 5.41 Å². The molecule has 0 radical (unpaired) electrons. The van der Waals surface area contributed by atoms with Crippen LogP contribution in [0.5, 0.6) is 5.88 Å². The minimum absolute atomic E-state index is 0.00754. The minimum Gasteiger partial charge on any atom is -0.481 e. The van der Waals surface area contributed by atoms with Gasteiger partial charge in [-0.1, -0.05) is 50.2 Å². The zero-order chi connectivity index (χ0) is 32.8. The van der Waals surface area contributed by atoms with Crippen molar-refractivity contribution in [1.82, 2.24) is 10.3 Å². The molecule has 0 saturated carbocycles. The highest BCUT2D eigenvalue weighted by molar-refractivity contribution is 6.10. The van der Waals surface area contributed by atoms with Gasteiger partial charge < -0.3 is 30.6 Å². The van der Waals surface area contributed by atoms with Crippen molar-refractivity contribution in [2.75, 3.05) is 25.6 Å². The van der Waals surface area contributed by atoms with Crippen molar-refractivity contribution in [2.24, 2.45) is 11.1 Å². The van der Waals surface area contributed by atoms with Gasteiger partial charge >= 0.3 is 5.97 Å². The van der Waals surface area contributed by atoms with Gasteiger partial charge in [0.05, 0.1) is 31.9 Å². The first-order chi connectivity index (χ1) is 22.1. The van der Waals surface area contributed by atoms with Crippen molar-refractivity contribution in [2.45, 2.75) is 26.5 Å². The number of carbonyl (C=O) groups is 3. The van der Waals surface area contributed by atoms with Crippen LogP contribution >= 0.6 is 0 Å². The van der Waals surface area contributed by atoms with Crippen LogP contribution in [0.25, 0.3) is 11.1 Å². The maximum atomic E-state index is 13.7. The van der Waals surface area contributed by atoms with Crippen LogP contribution in [0.3, 0.4) is 0 Å². The summed E-state index contributed by atoms with van der Waals surface area (Å²) in [6.45, 7) is 4.94. The number of nitrogens with zero attached hydrogens (tertiary/aromatic N) is 1. The van der Waals surface area contributed by atoms with E-state index in [2.05, 4.69) is 15.6 Å². The van der Waals surface area contributed by atoms with Crippen molar-refractivity contribution < 1.29 is 28.6 Å². The van der Waals surface area contributed by atoms with Crippen LogP contribution in [-0.2, 0) is 16.1 Å². The first-order valence-electron chi connectivity index (χ1n) is 14.6. The summed E-state index contributed by atoms with van der Waals surface area (Å²) < 4.78 is 16.6. The average molecular weight is 622 g/mol. The molecule has 1 aliphatic heterocycles. The van der Waals surface area contributed by atoms with E-state index in [9.17, 15) is 14.4 Å². The van der Waals surface area contributed by atoms with Crippen LogP contribution in [0, 0.1) is 10.8 Å². The van der Waals surface area contributed by atoms with E-state index in [1.807, 2.05) is 44.2 Å². The highest BCUT2D eigenvalue weighted by Gasteiger charge is 2.37. The molecule has 5 N–H and O–H groups in total. The Morgan fingerprint density at radius 1 is 0.957 bits per heavy atom. The number of pyridine rings is 1. The summed E-state index contributed by atoms with van der Waals surface area (Å²) in [4.78, 5) is 45.1. The van der Waals surface area contributed by atoms with Crippen molar-refractivity contribution >= 4 is 29.3 Å². The number of aromatic nitrogens is 1. The van der Waals surface area contributed by atoms with E-state index >= 15 is 0 Å². The third-order valence-electron chi connectivity index (χ3n) is 7.76. The van der Waals surface area contributed by atoms with Gasteiger partial charge in [0, 0.05) is 33.9 Å². The van der Waals surface area contributed by atoms with Gasteiger partial charge in [-0.15, -0.1) is 0 Å². The Kier molecular flexibility index (Phi) is 9.43. The molecular weight excluding hydrogens is 586 g/mol. The lowest BCUT2D eigenvalue weighted by molar-refractivity contribution is 0.0473. The molecule has 5 rings (SSSR count). The molecule has 0 bridgehead atoms. The quantitative estimate of drug-likeness (QED) is 0.111.